The molecule has 0 amide bonds. The Balaban J connectivity index is 1.19. The molecule has 0 aliphatic rings. The third-order valence-corrected chi connectivity index (χ3v) is 10.8. The van der Waals surface area contributed by atoms with Gasteiger partial charge in [-0.2, -0.15) is 0 Å². The zero-order valence-electron chi connectivity index (χ0n) is 26.5. The Morgan fingerprint density at radius 1 is 0.408 bits per heavy atom. The first-order chi connectivity index (χ1) is 24.3. The zero-order valence-corrected chi connectivity index (χ0v) is 27.3. The molecule has 3 heteroatoms. The number of fused-ring (bicyclic) bond motifs is 8. The van der Waals surface area contributed by atoms with Crippen LogP contribution < -0.4 is 4.90 Å². The predicted molar refractivity (Wildman–Crippen MR) is 210 cm³/mol. The Hall–Kier alpha value is -6.16. The minimum absolute atomic E-state index is 0.905. The van der Waals surface area contributed by atoms with E-state index in [4.69, 9.17) is 4.42 Å². The van der Waals surface area contributed by atoms with E-state index < -0.39 is 0 Å². The topological polar surface area (TPSA) is 16.4 Å². The highest BCUT2D eigenvalue weighted by Gasteiger charge is 2.19. The van der Waals surface area contributed by atoms with Gasteiger partial charge in [0.2, 0.25) is 0 Å². The lowest BCUT2D eigenvalue weighted by atomic mass is 9.95. The average Bonchev–Trinajstić information content (AvgIpc) is 3.74. The first kappa shape index (κ1) is 27.9. The molecule has 0 saturated heterocycles. The fourth-order valence-corrected chi connectivity index (χ4v) is 8.42. The summed E-state index contributed by atoms with van der Waals surface area (Å²) in [5.74, 6) is 0. The first-order valence-corrected chi connectivity index (χ1v) is 17.4. The number of nitrogens with zero attached hydrogens (tertiary/aromatic N) is 1. The normalized spacial score (nSPS) is 11.7. The van der Waals surface area contributed by atoms with Gasteiger partial charge >= 0.3 is 0 Å². The monoisotopic (exact) mass is 643 g/mol. The van der Waals surface area contributed by atoms with E-state index in [0.29, 0.717) is 0 Å². The summed E-state index contributed by atoms with van der Waals surface area (Å²) in [6.45, 7) is 0. The second kappa shape index (κ2) is 11.2. The summed E-state index contributed by atoms with van der Waals surface area (Å²) < 4.78 is 9.15. The molecule has 0 aliphatic carbocycles. The van der Waals surface area contributed by atoms with Gasteiger partial charge in [0.15, 0.2) is 0 Å². The van der Waals surface area contributed by atoms with E-state index in [1.54, 1.807) is 0 Å². The van der Waals surface area contributed by atoms with E-state index in [1.165, 1.54) is 36.9 Å². The van der Waals surface area contributed by atoms with Crippen LogP contribution in [0.5, 0.6) is 0 Å². The van der Waals surface area contributed by atoms with Crippen molar-refractivity contribution >= 4 is 81.3 Å². The summed E-state index contributed by atoms with van der Waals surface area (Å²) in [6.07, 6.45) is 0. The average molecular weight is 644 g/mol. The fraction of sp³-hybridized carbons (Fsp3) is 0. The molecule has 0 spiro atoms. The van der Waals surface area contributed by atoms with Crippen LogP contribution in [-0.2, 0) is 0 Å². The molecule has 0 bridgehead atoms. The molecule has 0 radical (unpaired) electrons. The quantitative estimate of drug-likeness (QED) is 0.186. The molecule has 10 aromatic rings. The molecule has 0 N–H and O–H groups in total. The van der Waals surface area contributed by atoms with Gasteiger partial charge in [0.05, 0.1) is 0 Å². The molecule has 0 atom stereocenters. The number of hydrogen-bond donors (Lipinski definition) is 0. The Morgan fingerprint density at radius 3 is 1.94 bits per heavy atom. The zero-order chi connectivity index (χ0) is 32.3. The van der Waals surface area contributed by atoms with Crippen LogP contribution >= 0.6 is 11.3 Å². The second-order valence-corrected chi connectivity index (χ2v) is 13.6. The predicted octanol–water partition coefficient (Wildman–Crippen LogP) is 13.9. The van der Waals surface area contributed by atoms with Gasteiger partial charge in [-0.1, -0.05) is 115 Å². The van der Waals surface area contributed by atoms with Crippen LogP contribution in [0, 0.1) is 0 Å². The van der Waals surface area contributed by atoms with Crippen molar-refractivity contribution in [1.29, 1.82) is 0 Å². The molecular weight excluding hydrogens is 615 g/mol. The van der Waals surface area contributed by atoms with Gasteiger partial charge in [-0.25, -0.2) is 0 Å². The van der Waals surface area contributed by atoms with Crippen molar-refractivity contribution < 1.29 is 4.42 Å². The van der Waals surface area contributed by atoms with Gasteiger partial charge in [-0.15, -0.1) is 11.3 Å². The smallest absolute Gasteiger partial charge is 0.143 e. The van der Waals surface area contributed by atoms with Gasteiger partial charge < -0.3 is 9.32 Å². The summed E-state index contributed by atoms with van der Waals surface area (Å²) in [5.41, 5.74) is 9.88. The maximum atomic E-state index is 6.55. The van der Waals surface area contributed by atoms with Crippen molar-refractivity contribution in [3.05, 3.63) is 176 Å². The molecule has 0 saturated carbocycles. The lowest BCUT2D eigenvalue weighted by Gasteiger charge is -2.26. The van der Waals surface area contributed by atoms with Crippen LogP contribution in [0.15, 0.2) is 180 Å². The van der Waals surface area contributed by atoms with E-state index in [2.05, 4.69) is 175 Å². The highest BCUT2D eigenvalue weighted by Crippen LogP contribution is 2.44. The van der Waals surface area contributed by atoms with Crippen LogP contribution in [0.2, 0.25) is 0 Å². The molecule has 2 nitrogen and oxygen atoms in total. The van der Waals surface area contributed by atoms with Crippen LogP contribution in [0.3, 0.4) is 0 Å². The highest BCUT2D eigenvalue weighted by molar-refractivity contribution is 7.25. The molecule has 0 aliphatic heterocycles. The molecule has 2 aromatic heterocycles. The SMILES string of the molecule is c1ccc(-c2ccc(N(c3cccc(-c4cc5ccccc5c5oc6ccccc6c45)c3)c3ccc4sc5ccccc5c4c3)cc2)cc1. The number of furan rings is 1. The number of anilines is 3. The van der Waals surface area contributed by atoms with Gasteiger partial charge in [-0.05, 0) is 88.3 Å². The third-order valence-electron chi connectivity index (χ3n) is 9.64. The lowest BCUT2D eigenvalue weighted by molar-refractivity contribution is 0.673. The van der Waals surface area contributed by atoms with Crippen molar-refractivity contribution in [1.82, 2.24) is 0 Å². The summed E-state index contributed by atoms with van der Waals surface area (Å²) >= 11 is 1.85. The van der Waals surface area contributed by atoms with Gasteiger partial charge in [0.25, 0.3) is 0 Å². The summed E-state index contributed by atoms with van der Waals surface area (Å²) in [5, 5.41) is 7.15. The third kappa shape index (κ3) is 4.62. The maximum absolute atomic E-state index is 6.55. The van der Waals surface area contributed by atoms with E-state index in [0.717, 1.165) is 55.3 Å². The molecule has 0 fully saturated rings. The second-order valence-electron chi connectivity index (χ2n) is 12.5. The van der Waals surface area contributed by atoms with Crippen LogP contribution in [0.25, 0.3) is 75.1 Å². The maximum Gasteiger partial charge on any atom is 0.143 e. The number of para-hydroxylation sites is 1. The molecule has 0 unspecified atom stereocenters. The van der Waals surface area contributed by atoms with Crippen molar-refractivity contribution in [3.63, 3.8) is 0 Å². The number of rotatable bonds is 5. The minimum Gasteiger partial charge on any atom is -0.455 e. The minimum atomic E-state index is 0.905. The van der Waals surface area contributed by atoms with Crippen LogP contribution in [0.1, 0.15) is 0 Å². The number of benzene rings is 8. The van der Waals surface area contributed by atoms with Crippen molar-refractivity contribution in [2.45, 2.75) is 0 Å². The Bertz CT molecular complexity index is 2830. The van der Waals surface area contributed by atoms with E-state index >= 15 is 0 Å². The van der Waals surface area contributed by atoms with Gasteiger partial charge in [0.1, 0.15) is 11.2 Å². The molecule has 49 heavy (non-hydrogen) atoms. The van der Waals surface area contributed by atoms with Crippen molar-refractivity contribution in [2.24, 2.45) is 0 Å². The Morgan fingerprint density at radius 2 is 1.06 bits per heavy atom. The summed E-state index contributed by atoms with van der Waals surface area (Å²) in [7, 11) is 0. The summed E-state index contributed by atoms with van der Waals surface area (Å²) in [4.78, 5) is 2.38. The molecule has 230 valence electrons. The fourth-order valence-electron chi connectivity index (χ4n) is 7.33. The molecule has 10 rings (SSSR count). The van der Waals surface area contributed by atoms with Crippen LogP contribution in [-0.4, -0.2) is 0 Å². The van der Waals surface area contributed by atoms with E-state index in [-0.39, 0.29) is 0 Å². The highest BCUT2D eigenvalue weighted by atomic mass is 32.1. The van der Waals surface area contributed by atoms with Crippen molar-refractivity contribution in [2.75, 3.05) is 4.90 Å². The number of hydrogen-bond acceptors (Lipinski definition) is 3. The molecule has 8 aromatic carbocycles. The lowest BCUT2D eigenvalue weighted by Crippen LogP contribution is -2.10. The Kier molecular flexibility index (Phi) is 6.39. The van der Waals surface area contributed by atoms with E-state index in [1.807, 2.05) is 17.4 Å². The van der Waals surface area contributed by atoms with Crippen LogP contribution in [0.4, 0.5) is 17.1 Å². The largest absolute Gasteiger partial charge is 0.455 e. The summed E-state index contributed by atoms with van der Waals surface area (Å²) in [6, 6.07) is 63.3. The Labute approximate surface area is 287 Å². The van der Waals surface area contributed by atoms with E-state index in [9.17, 15) is 0 Å². The van der Waals surface area contributed by atoms with Crippen molar-refractivity contribution in [3.8, 4) is 22.3 Å². The van der Waals surface area contributed by atoms with Gasteiger partial charge in [-0.3, -0.25) is 0 Å². The molecular formula is C46H29NOS. The first-order valence-electron chi connectivity index (χ1n) is 16.6. The molecule has 2 heterocycles. The van der Waals surface area contributed by atoms with Gasteiger partial charge in [0, 0.05) is 53.4 Å². The standard InChI is InChI=1S/C46H29NOS/c1-2-11-30(12-3-1)31-21-23-34(24-22-31)47(36-25-26-44-41(29-36)38-17-7-9-20-43(38)49-44)35-15-10-14-32(27-35)40-28-33-13-4-5-16-37(33)46-45(40)39-18-6-8-19-42(39)48-46/h1-29H. The number of thiophene rings is 1.